The van der Waals surface area contributed by atoms with E-state index in [-0.39, 0.29) is 18.3 Å². The molecule has 0 atom stereocenters. The highest BCUT2D eigenvalue weighted by molar-refractivity contribution is 9.10. The van der Waals surface area contributed by atoms with Gasteiger partial charge in [0.25, 0.3) is 0 Å². The largest absolute Gasteiger partial charge is 0.376 e. The van der Waals surface area contributed by atoms with Gasteiger partial charge in [-0.1, -0.05) is 18.2 Å². The Morgan fingerprint density at radius 2 is 1.95 bits per heavy atom. The van der Waals surface area contributed by atoms with Gasteiger partial charge in [0.15, 0.2) is 0 Å². The van der Waals surface area contributed by atoms with Crippen molar-refractivity contribution in [2.75, 3.05) is 17.2 Å². The molecule has 0 aromatic heterocycles. The van der Waals surface area contributed by atoms with E-state index in [1.165, 1.54) is 6.07 Å². The van der Waals surface area contributed by atoms with Crippen LogP contribution in [-0.4, -0.2) is 12.5 Å². The molecule has 0 aliphatic heterocycles. The van der Waals surface area contributed by atoms with Crippen molar-refractivity contribution in [2.24, 2.45) is 0 Å². The fourth-order valence-corrected chi connectivity index (χ4v) is 2.20. The van der Waals surface area contributed by atoms with Crippen molar-refractivity contribution in [3.63, 3.8) is 0 Å². The molecule has 104 valence electrons. The average molecular weight is 337 g/mol. The van der Waals surface area contributed by atoms with Crippen LogP contribution in [-0.2, 0) is 4.79 Å². The number of aryl methyl sites for hydroxylation is 1. The van der Waals surface area contributed by atoms with Crippen LogP contribution in [0.3, 0.4) is 0 Å². The Morgan fingerprint density at radius 1 is 1.25 bits per heavy atom. The predicted octanol–water partition coefficient (Wildman–Crippen LogP) is 3.95. The van der Waals surface area contributed by atoms with E-state index in [1.54, 1.807) is 6.07 Å². The minimum Gasteiger partial charge on any atom is -0.376 e. The van der Waals surface area contributed by atoms with Crippen LogP contribution in [0.15, 0.2) is 46.9 Å². The molecule has 2 rings (SSSR count). The Balaban J connectivity index is 1.95. The van der Waals surface area contributed by atoms with E-state index in [1.807, 2.05) is 37.3 Å². The third kappa shape index (κ3) is 3.81. The quantitative estimate of drug-likeness (QED) is 0.887. The molecule has 5 heteroatoms. The maximum atomic E-state index is 13.4. The topological polar surface area (TPSA) is 41.1 Å². The third-order valence-corrected chi connectivity index (χ3v) is 3.37. The van der Waals surface area contributed by atoms with Crippen LogP contribution < -0.4 is 10.6 Å². The van der Waals surface area contributed by atoms with Gasteiger partial charge in [0.05, 0.1) is 11.0 Å². The molecule has 0 bridgehead atoms. The third-order valence-electron chi connectivity index (χ3n) is 2.76. The van der Waals surface area contributed by atoms with Crippen LogP contribution in [0.25, 0.3) is 0 Å². The highest BCUT2D eigenvalue weighted by Crippen LogP contribution is 2.23. The Kier molecular flexibility index (Phi) is 4.74. The van der Waals surface area contributed by atoms with Crippen LogP contribution in [0.2, 0.25) is 0 Å². The molecule has 0 fully saturated rings. The highest BCUT2D eigenvalue weighted by Gasteiger charge is 2.07. The van der Waals surface area contributed by atoms with E-state index in [9.17, 15) is 9.18 Å². The number of benzene rings is 2. The van der Waals surface area contributed by atoms with Crippen molar-refractivity contribution in [3.05, 3.63) is 58.3 Å². The van der Waals surface area contributed by atoms with E-state index < -0.39 is 0 Å². The molecule has 2 aromatic carbocycles. The van der Waals surface area contributed by atoms with Crippen molar-refractivity contribution in [1.29, 1.82) is 0 Å². The van der Waals surface area contributed by atoms with Crippen molar-refractivity contribution in [3.8, 4) is 0 Å². The number of rotatable bonds is 4. The van der Waals surface area contributed by atoms with Gasteiger partial charge in [0.2, 0.25) is 5.91 Å². The average Bonchev–Trinajstić information content (AvgIpc) is 2.42. The first-order valence-electron chi connectivity index (χ1n) is 6.10. The molecule has 0 radical (unpaired) electrons. The van der Waals surface area contributed by atoms with Gasteiger partial charge in [-0.3, -0.25) is 4.79 Å². The molecule has 0 aliphatic rings. The number of carbonyl (C=O) groups is 1. The number of anilines is 2. The first kappa shape index (κ1) is 14.5. The van der Waals surface area contributed by atoms with Gasteiger partial charge in [-0.2, -0.15) is 0 Å². The van der Waals surface area contributed by atoms with Gasteiger partial charge in [-0.25, -0.2) is 4.39 Å². The Labute approximate surface area is 125 Å². The van der Waals surface area contributed by atoms with Crippen molar-refractivity contribution >= 4 is 33.2 Å². The maximum absolute atomic E-state index is 13.4. The molecular formula is C15H14BrFN2O. The molecule has 0 aliphatic carbocycles. The monoisotopic (exact) mass is 336 g/mol. The van der Waals surface area contributed by atoms with Crippen LogP contribution in [0, 0.1) is 12.7 Å². The van der Waals surface area contributed by atoms with Crippen LogP contribution in [0.4, 0.5) is 15.8 Å². The van der Waals surface area contributed by atoms with Crippen LogP contribution in [0.5, 0.6) is 0 Å². The number of nitrogens with one attached hydrogen (secondary N) is 2. The second kappa shape index (κ2) is 6.52. The minimum atomic E-state index is -0.360. The maximum Gasteiger partial charge on any atom is 0.243 e. The zero-order chi connectivity index (χ0) is 14.5. The smallest absolute Gasteiger partial charge is 0.243 e. The first-order valence-corrected chi connectivity index (χ1v) is 6.90. The van der Waals surface area contributed by atoms with Crippen molar-refractivity contribution in [2.45, 2.75) is 6.92 Å². The highest BCUT2D eigenvalue weighted by atomic mass is 79.9. The molecule has 0 saturated carbocycles. The van der Waals surface area contributed by atoms with Crippen molar-refractivity contribution in [1.82, 2.24) is 0 Å². The SMILES string of the molecule is Cc1cc(Br)c(F)cc1NCC(=O)Nc1ccccc1. The molecule has 3 nitrogen and oxygen atoms in total. The Bertz CT molecular complexity index is 617. The minimum absolute atomic E-state index is 0.0802. The zero-order valence-corrected chi connectivity index (χ0v) is 12.5. The molecule has 0 heterocycles. The molecule has 0 saturated heterocycles. The summed E-state index contributed by atoms with van der Waals surface area (Å²) < 4.78 is 13.9. The van der Waals surface area contributed by atoms with E-state index in [0.29, 0.717) is 10.2 Å². The number of halogens is 2. The lowest BCUT2D eigenvalue weighted by Crippen LogP contribution is -2.22. The molecule has 1 amide bonds. The summed E-state index contributed by atoms with van der Waals surface area (Å²) in [7, 11) is 0. The fraction of sp³-hybridized carbons (Fsp3) is 0.133. The second-order valence-electron chi connectivity index (χ2n) is 4.35. The fourth-order valence-electron chi connectivity index (χ4n) is 1.74. The molecule has 2 N–H and O–H groups in total. The van der Waals surface area contributed by atoms with E-state index in [4.69, 9.17) is 0 Å². The van der Waals surface area contributed by atoms with Gasteiger partial charge >= 0.3 is 0 Å². The molecule has 20 heavy (non-hydrogen) atoms. The number of carbonyl (C=O) groups excluding carboxylic acids is 1. The lowest BCUT2D eigenvalue weighted by atomic mass is 10.2. The lowest BCUT2D eigenvalue weighted by Gasteiger charge is -2.11. The summed E-state index contributed by atoms with van der Waals surface area (Å²) in [5, 5.41) is 5.68. The van der Waals surface area contributed by atoms with E-state index >= 15 is 0 Å². The summed E-state index contributed by atoms with van der Waals surface area (Å²) in [6, 6.07) is 12.2. The number of hydrogen-bond donors (Lipinski definition) is 2. The van der Waals surface area contributed by atoms with Gasteiger partial charge in [-0.05, 0) is 52.7 Å². The van der Waals surface area contributed by atoms with Crippen LogP contribution in [0.1, 0.15) is 5.56 Å². The van der Waals surface area contributed by atoms with Crippen molar-refractivity contribution < 1.29 is 9.18 Å². The summed E-state index contributed by atoms with van der Waals surface area (Å²) in [5.41, 5.74) is 2.21. The lowest BCUT2D eigenvalue weighted by molar-refractivity contribution is -0.114. The first-order chi connectivity index (χ1) is 9.56. The van der Waals surface area contributed by atoms with Gasteiger partial charge < -0.3 is 10.6 Å². The molecule has 0 spiro atoms. The summed E-state index contributed by atoms with van der Waals surface area (Å²) in [6.07, 6.45) is 0. The zero-order valence-electron chi connectivity index (χ0n) is 10.9. The normalized spacial score (nSPS) is 10.2. The molecular weight excluding hydrogens is 323 g/mol. The molecule has 2 aromatic rings. The van der Waals surface area contributed by atoms with Gasteiger partial charge in [0, 0.05) is 11.4 Å². The summed E-state index contributed by atoms with van der Waals surface area (Å²) >= 11 is 3.12. The second-order valence-corrected chi connectivity index (χ2v) is 5.20. The predicted molar refractivity (Wildman–Crippen MR) is 82.4 cm³/mol. The number of hydrogen-bond acceptors (Lipinski definition) is 2. The van der Waals surface area contributed by atoms with E-state index in [2.05, 4.69) is 26.6 Å². The molecule has 0 unspecified atom stereocenters. The standard InChI is InChI=1S/C15H14BrFN2O/c1-10-7-12(16)13(17)8-14(10)18-9-15(20)19-11-5-3-2-4-6-11/h2-8,18H,9H2,1H3,(H,19,20). The van der Waals surface area contributed by atoms with Crippen LogP contribution >= 0.6 is 15.9 Å². The van der Waals surface area contributed by atoms with E-state index in [0.717, 1.165) is 11.3 Å². The summed E-state index contributed by atoms with van der Waals surface area (Å²) in [6.45, 7) is 1.93. The summed E-state index contributed by atoms with van der Waals surface area (Å²) in [4.78, 5) is 11.8. The van der Waals surface area contributed by atoms with Gasteiger partial charge in [0.1, 0.15) is 5.82 Å². The Morgan fingerprint density at radius 3 is 2.65 bits per heavy atom. The Hall–Kier alpha value is -1.88. The summed E-state index contributed by atoms with van der Waals surface area (Å²) in [5.74, 6) is -0.541. The van der Waals surface area contributed by atoms with Gasteiger partial charge in [-0.15, -0.1) is 0 Å². The number of para-hydroxylation sites is 1. The number of amides is 1.